The Morgan fingerprint density at radius 1 is 1.03 bits per heavy atom. The minimum absolute atomic E-state index is 0.0238. The van der Waals surface area contributed by atoms with Crippen LogP contribution in [-0.4, -0.2) is 18.0 Å². The number of rotatable bonds is 8. The van der Waals surface area contributed by atoms with Gasteiger partial charge in [-0.1, -0.05) is 79.2 Å². The Balaban J connectivity index is 1.46. The van der Waals surface area contributed by atoms with E-state index in [-0.39, 0.29) is 17.9 Å². The number of benzene rings is 3. The van der Waals surface area contributed by atoms with Crippen LogP contribution in [-0.2, 0) is 16.1 Å². The largest absolute Gasteiger partial charge is 0.445 e. The summed E-state index contributed by atoms with van der Waals surface area (Å²) in [6.07, 6.45) is 0.753. The Kier molecular flexibility index (Phi) is 7.48. The maximum absolute atomic E-state index is 15.3. The van der Waals surface area contributed by atoms with E-state index in [1.807, 2.05) is 30.3 Å². The van der Waals surface area contributed by atoms with Crippen LogP contribution in [0.5, 0.6) is 0 Å². The van der Waals surface area contributed by atoms with Crippen LogP contribution in [0.25, 0.3) is 11.1 Å². The normalized spacial score (nSPS) is 17.5. The molecule has 1 aliphatic carbocycles. The highest BCUT2D eigenvalue weighted by Gasteiger charge is 2.37. The van der Waals surface area contributed by atoms with Gasteiger partial charge in [0.25, 0.3) is 0 Å². The van der Waals surface area contributed by atoms with Crippen LogP contribution in [0, 0.1) is 17.7 Å². The van der Waals surface area contributed by atoms with Gasteiger partial charge in [-0.2, -0.15) is 0 Å². The zero-order valence-electron chi connectivity index (χ0n) is 18.8. The molecule has 1 fully saturated rings. The topological polar surface area (TPSA) is 67.4 Å². The van der Waals surface area contributed by atoms with Gasteiger partial charge in [-0.25, -0.2) is 9.18 Å². The minimum Gasteiger partial charge on any atom is -0.445 e. The molecule has 0 bridgehead atoms. The number of hydrogen-bond acceptors (Lipinski definition) is 3. The van der Waals surface area contributed by atoms with E-state index in [1.54, 1.807) is 36.4 Å². The molecule has 4 rings (SSSR count). The van der Waals surface area contributed by atoms with Gasteiger partial charge in [-0.05, 0) is 42.4 Å². The molecule has 5 nitrogen and oxygen atoms in total. The molecular formula is C27H26ClFN2O3. The fourth-order valence-corrected chi connectivity index (χ4v) is 4.14. The van der Waals surface area contributed by atoms with E-state index in [0.717, 1.165) is 12.0 Å². The minimum atomic E-state index is -0.846. The fourth-order valence-electron chi connectivity index (χ4n) is 3.90. The van der Waals surface area contributed by atoms with Crippen molar-refractivity contribution in [2.45, 2.75) is 32.4 Å². The Morgan fingerprint density at radius 3 is 2.41 bits per heavy atom. The number of hydrogen-bond donors (Lipinski definition) is 2. The first-order chi connectivity index (χ1) is 16.4. The molecule has 0 heterocycles. The third kappa shape index (κ3) is 5.94. The molecule has 2 amide bonds. The lowest BCUT2D eigenvalue weighted by Crippen LogP contribution is -2.44. The van der Waals surface area contributed by atoms with Gasteiger partial charge in [0, 0.05) is 16.1 Å². The van der Waals surface area contributed by atoms with E-state index in [1.165, 1.54) is 6.07 Å². The molecule has 3 aromatic rings. The number of carbonyl (C=O) groups excluding carboxylic acids is 2. The van der Waals surface area contributed by atoms with Gasteiger partial charge in [0.1, 0.15) is 12.6 Å². The van der Waals surface area contributed by atoms with Crippen molar-refractivity contribution in [3.05, 3.63) is 89.2 Å². The monoisotopic (exact) mass is 480 g/mol. The number of carbonyl (C=O) groups is 2. The van der Waals surface area contributed by atoms with E-state index in [2.05, 4.69) is 17.6 Å². The highest BCUT2D eigenvalue weighted by atomic mass is 35.5. The molecule has 1 saturated carbocycles. The van der Waals surface area contributed by atoms with Crippen molar-refractivity contribution in [2.75, 3.05) is 5.32 Å². The van der Waals surface area contributed by atoms with Crippen LogP contribution in [0.2, 0.25) is 5.02 Å². The maximum atomic E-state index is 15.3. The first kappa shape index (κ1) is 23.8. The summed E-state index contributed by atoms with van der Waals surface area (Å²) in [6.45, 7) is 2.19. The summed E-state index contributed by atoms with van der Waals surface area (Å²) in [5.41, 5.74) is 1.68. The van der Waals surface area contributed by atoms with E-state index < -0.39 is 23.9 Å². The predicted octanol–water partition coefficient (Wildman–Crippen LogP) is 6.43. The van der Waals surface area contributed by atoms with E-state index in [9.17, 15) is 9.59 Å². The third-order valence-corrected chi connectivity index (χ3v) is 6.39. The summed E-state index contributed by atoms with van der Waals surface area (Å²) in [5.74, 6) is -0.276. The fraction of sp³-hybridized carbons (Fsp3) is 0.259. The second-order valence-corrected chi connectivity index (χ2v) is 9.01. The summed E-state index contributed by atoms with van der Waals surface area (Å²) < 4.78 is 20.6. The van der Waals surface area contributed by atoms with Crippen molar-refractivity contribution in [1.82, 2.24) is 5.32 Å². The molecule has 0 unspecified atom stereocenters. The SMILES string of the molecule is C[C@@H]1C[C@@H]1C[C@H](NC(=O)OCc1ccccc1)C(=O)Nc1cccc(-c2ccccc2Cl)c1F. The van der Waals surface area contributed by atoms with Crippen molar-refractivity contribution >= 4 is 29.3 Å². The van der Waals surface area contributed by atoms with Crippen LogP contribution in [0.4, 0.5) is 14.9 Å². The molecule has 2 N–H and O–H groups in total. The van der Waals surface area contributed by atoms with Crippen LogP contribution >= 0.6 is 11.6 Å². The number of anilines is 1. The van der Waals surface area contributed by atoms with E-state index in [4.69, 9.17) is 16.3 Å². The molecule has 0 saturated heterocycles. The Bertz CT molecular complexity index is 1170. The summed E-state index contributed by atoms with van der Waals surface area (Å²) in [7, 11) is 0. The smallest absolute Gasteiger partial charge is 0.408 e. The lowest BCUT2D eigenvalue weighted by molar-refractivity contribution is -0.118. The van der Waals surface area contributed by atoms with Gasteiger partial charge in [-0.3, -0.25) is 4.79 Å². The summed E-state index contributed by atoms with van der Waals surface area (Å²) in [5, 5.41) is 5.71. The second-order valence-electron chi connectivity index (χ2n) is 8.60. The van der Waals surface area contributed by atoms with E-state index in [0.29, 0.717) is 28.8 Å². The zero-order chi connectivity index (χ0) is 24.1. The first-order valence-corrected chi connectivity index (χ1v) is 11.6. The predicted molar refractivity (Wildman–Crippen MR) is 131 cm³/mol. The Morgan fingerprint density at radius 2 is 1.71 bits per heavy atom. The quantitative estimate of drug-likeness (QED) is 0.390. The summed E-state index contributed by atoms with van der Waals surface area (Å²) in [4.78, 5) is 25.5. The lowest BCUT2D eigenvalue weighted by Gasteiger charge is -2.19. The molecule has 3 atom stereocenters. The number of nitrogens with one attached hydrogen (secondary N) is 2. The van der Waals surface area contributed by atoms with Crippen molar-refractivity contribution in [2.24, 2.45) is 11.8 Å². The Hall–Kier alpha value is -3.38. The molecule has 3 aromatic carbocycles. The summed E-state index contributed by atoms with van der Waals surface area (Å²) >= 11 is 6.23. The first-order valence-electron chi connectivity index (χ1n) is 11.2. The van der Waals surface area contributed by atoms with Gasteiger partial charge in [0.05, 0.1) is 5.69 Å². The lowest BCUT2D eigenvalue weighted by atomic mass is 10.0. The number of ether oxygens (including phenoxy) is 1. The standard InChI is InChI=1S/C27H26ClFN2O3/c1-17-14-19(17)15-24(31-27(33)34-16-18-8-3-2-4-9-18)26(32)30-23-13-7-11-21(25(23)29)20-10-5-6-12-22(20)28/h2-13,17,19,24H,14-16H2,1H3,(H,30,32)(H,31,33)/t17-,19-,24+/m1/s1. The maximum Gasteiger partial charge on any atom is 0.408 e. The van der Waals surface area contributed by atoms with Crippen LogP contribution in [0.3, 0.4) is 0 Å². The molecule has 34 heavy (non-hydrogen) atoms. The highest BCUT2D eigenvalue weighted by Crippen LogP contribution is 2.41. The molecule has 1 aliphatic rings. The van der Waals surface area contributed by atoms with Gasteiger partial charge >= 0.3 is 6.09 Å². The molecule has 0 aromatic heterocycles. The average molecular weight is 481 g/mol. The zero-order valence-corrected chi connectivity index (χ0v) is 19.5. The molecule has 0 radical (unpaired) electrons. The van der Waals surface area contributed by atoms with Gasteiger partial charge in [0.2, 0.25) is 5.91 Å². The van der Waals surface area contributed by atoms with Crippen molar-refractivity contribution in [3.63, 3.8) is 0 Å². The van der Waals surface area contributed by atoms with Crippen LogP contribution < -0.4 is 10.6 Å². The Labute approximate surface area is 203 Å². The van der Waals surface area contributed by atoms with Crippen molar-refractivity contribution in [3.8, 4) is 11.1 Å². The van der Waals surface area contributed by atoms with Crippen LogP contribution in [0.1, 0.15) is 25.3 Å². The number of alkyl carbamates (subject to hydrolysis) is 1. The van der Waals surface area contributed by atoms with Crippen molar-refractivity contribution < 1.29 is 18.7 Å². The van der Waals surface area contributed by atoms with Crippen molar-refractivity contribution in [1.29, 1.82) is 0 Å². The van der Waals surface area contributed by atoms with Gasteiger partial charge < -0.3 is 15.4 Å². The molecule has 176 valence electrons. The third-order valence-electron chi connectivity index (χ3n) is 6.06. The van der Waals surface area contributed by atoms with E-state index >= 15 is 4.39 Å². The molecule has 0 spiro atoms. The number of amides is 2. The summed E-state index contributed by atoms with van der Waals surface area (Å²) in [6, 6.07) is 20.1. The van der Waals surface area contributed by atoms with Crippen LogP contribution in [0.15, 0.2) is 72.8 Å². The van der Waals surface area contributed by atoms with Gasteiger partial charge in [-0.15, -0.1) is 0 Å². The molecule has 0 aliphatic heterocycles. The average Bonchev–Trinajstić information content (AvgIpc) is 3.54. The van der Waals surface area contributed by atoms with Gasteiger partial charge in [0.15, 0.2) is 5.82 Å². The second kappa shape index (κ2) is 10.7. The highest BCUT2D eigenvalue weighted by molar-refractivity contribution is 6.33. The molecule has 7 heteroatoms. The number of halogens is 2. The molecular weight excluding hydrogens is 455 g/mol.